The van der Waals surface area contributed by atoms with E-state index in [4.69, 9.17) is 0 Å². The molecule has 0 bridgehead atoms. The first-order valence-corrected chi connectivity index (χ1v) is 12.6. The third-order valence-electron chi connectivity index (χ3n) is 5.24. The zero-order chi connectivity index (χ0) is 25.5. The third-order valence-corrected chi connectivity index (χ3v) is 8.62. The molecule has 0 aliphatic rings. The molecule has 0 amide bonds. The molecule has 4 aromatic carbocycles. The van der Waals surface area contributed by atoms with Gasteiger partial charge < -0.3 is 9.36 Å². The van der Waals surface area contributed by atoms with Crippen LogP contribution >= 0.6 is 7.14 Å². The Kier molecular flexibility index (Phi) is 8.26. The van der Waals surface area contributed by atoms with E-state index in [1.54, 1.807) is 78.9 Å². The number of alkyl halides is 1. The summed E-state index contributed by atoms with van der Waals surface area (Å²) in [5.41, 5.74) is -0.0693. The lowest BCUT2D eigenvalue weighted by Crippen LogP contribution is -2.39. The van der Waals surface area contributed by atoms with Crippen molar-refractivity contribution < 1.29 is 22.9 Å². The highest BCUT2D eigenvalue weighted by Gasteiger charge is 2.58. The van der Waals surface area contributed by atoms with Gasteiger partial charge in [0.1, 0.15) is 11.6 Å². The summed E-state index contributed by atoms with van der Waals surface area (Å²) in [7, 11) is -4.21. The molecular formula is C29H25F2O3P. The van der Waals surface area contributed by atoms with E-state index in [1.165, 1.54) is 38.1 Å². The van der Waals surface area contributed by atoms with E-state index in [1.807, 2.05) is 0 Å². The summed E-state index contributed by atoms with van der Waals surface area (Å²) in [4.78, 5) is 23.1. The molecule has 0 saturated carbocycles. The second kappa shape index (κ2) is 11.2. The largest absolute Gasteiger partial charge is 0.309 e. The standard InChI is InChI=1S/C26H19F2O2P.C3H6O/c27-22-18-16-20(17-19-22)25(29)26(28,21-10-4-1-5-11-21)31(30,23-12-6-2-7-13-23)24-14-8-3-9-15-24;1-3(2)4/h1-19H;1-2H3/t26-;/m0./s1. The molecule has 1 atom stereocenters. The van der Waals surface area contributed by atoms with Gasteiger partial charge in [-0.3, -0.25) is 4.79 Å². The normalized spacial score (nSPS) is 12.6. The Bertz CT molecular complexity index is 1280. The fraction of sp³-hybridized carbons (Fsp3) is 0.103. The van der Waals surface area contributed by atoms with Gasteiger partial charge in [-0.05, 0) is 38.1 Å². The number of ketones is 2. The predicted molar refractivity (Wildman–Crippen MR) is 136 cm³/mol. The number of benzene rings is 4. The summed E-state index contributed by atoms with van der Waals surface area (Å²) in [5.74, 6) is -1.36. The van der Waals surface area contributed by atoms with Gasteiger partial charge in [-0.15, -0.1) is 0 Å². The van der Waals surface area contributed by atoms with Crippen molar-refractivity contribution in [3.63, 3.8) is 0 Å². The Labute approximate surface area is 203 Å². The van der Waals surface area contributed by atoms with Crippen LogP contribution in [0.4, 0.5) is 8.78 Å². The highest BCUT2D eigenvalue weighted by Crippen LogP contribution is 2.63. The van der Waals surface area contributed by atoms with Crippen LogP contribution in [-0.4, -0.2) is 11.6 Å². The van der Waals surface area contributed by atoms with Crippen LogP contribution < -0.4 is 10.6 Å². The van der Waals surface area contributed by atoms with E-state index in [0.717, 1.165) is 12.1 Å². The summed E-state index contributed by atoms with van der Waals surface area (Å²) < 4.78 is 45.7. The number of rotatable bonds is 6. The van der Waals surface area contributed by atoms with Crippen LogP contribution in [0.25, 0.3) is 0 Å². The zero-order valence-corrected chi connectivity index (χ0v) is 20.3. The van der Waals surface area contributed by atoms with E-state index >= 15 is 4.39 Å². The molecular weight excluding hydrogens is 465 g/mol. The second-order valence-corrected chi connectivity index (χ2v) is 10.9. The number of Topliss-reactive ketones (excluding diaryl/α,β-unsaturated/α-hetero) is 2. The zero-order valence-electron chi connectivity index (χ0n) is 19.4. The van der Waals surface area contributed by atoms with Crippen molar-refractivity contribution in [3.05, 3.63) is 132 Å². The maximum Gasteiger partial charge on any atom is 0.257 e. The fourth-order valence-corrected chi connectivity index (χ4v) is 6.81. The Morgan fingerprint density at radius 1 is 0.657 bits per heavy atom. The van der Waals surface area contributed by atoms with Crippen molar-refractivity contribution in [1.82, 2.24) is 0 Å². The van der Waals surface area contributed by atoms with Gasteiger partial charge in [0.2, 0.25) is 5.78 Å². The molecule has 0 radical (unpaired) electrons. The van der Waals surface area contributed by atoms with Crippen molar-refractivity contribution in [1.29, 1.82) is 0 Å². The molecule has 0 fully saturated rings. The molecule has 0 aliphatic carbocycles. The molecule has 0 N–H and O–H groups in total. The monoisotopic (exact) mass is 490 g/mol. The Balaban J connectivity index is 0.000000795. The summed E-state index contributed by atoms with van der Waals surface area (Å²) in [6, 6.07) is 28.9. The molecule has 0 heterocycles. The minimum atomic E-state index is -4.21. The van der Waals surface area contributed by atoms with E-state index in [2.05, 4.69) is 0 Å². The van der Waals surface area contributed by atoms with Gasteiger partial charge in [-0.25, -0.2) is 8.78 Å². The molecule has 178 valence electrons. The fourth-order valence-electron chi connectivity index (χ4n) is 3.69. The smallest absolute Gasteiger partial charge is 0.257 e. The molecule has 6 heteroatoms. The number of hydrogen-bond acceptors (Lipinski definition) is 3. The quantitative estimate of drug-likeness (QED) is 0.231. The first-order valence-electron chi connectivity index (χ1n) is 10.9. The van der Waals surface area contributed by atoms with Gasteiger partial charge in [-0.2, -0.15) is 0 Å². The Morgan fingerprint density at radius 2 is 1.03 bits per heavy atom. The Morgan fingerprint density at radius 3 is 1.43 bits per heavy atom. The van der Waals surface area contributed by atoms with Crippen molar-refractivity contribution in [2.75, 3.05) is 0 Å². The molecule has 0 unspecified atom stereocenters. The number of carbonyl (C=O) groups is 2. The van der Waals surface area contributed by atoms with Crippen LogP contribution in [0.3, 0.4) is 0 Å². The molecule has 0 saturated heterocycles. The van der Waals surface area contributed by atoms with Crippen molar-refractivity contribution in [3.8, 4) is 0 Å². The summed E-state index contributed by atoms with van der Waals surface area (Å²) in [5, 5.41) is -2.44. The van der Waals surface area contributed by atoms with Crippen LogP contribution in [-0.2, 0) is 14.8 Å². The lowest BCUT2D eigenvalue weighted by Gasteiger charge is -2.34. The highest BCUT2D eigenvalue weighted by atomic mass is 31.2. The molecule has 0 spiro atoms. The minimum absolute atomic E-state index is 0.0136. The van der Waals surface area contributed by atoms with Crippen molar-refractivity contribution >= 4 is 29.3 Å². The topological polar surface area (TPSA) is 51.2 Å². The summed E-state index contributed by atoms with van der Waals surface area (Å²) >= 11 is 0. The Hall–Kier alpha value is -3.69. The molecule has 4 rings (SSSR count). The van der Waals surface area contributed by atoms with Gasteiger partial charge in [-0.1, -0.05) is 91.0 Å². The van der Waals surface area contributed by atoms with Gasteiger partial charge in [0.15, 0.2) is 7.14 Å². The molecule has 3 nitrogen and oxygen atoms in total. The van der Waals surface area contributed by atoms with Crippen molar-refractivity contribution in [2.24, 2.45) is 0 Å². The van der Waals surface area contributed by atoms with E-state index < -0.39 is 24.2 Å². The third kappa shape index (κ3) is 5.36. The van der Waals surface area contributed by atoms with Crippen LogP contribution in [0.15, 0.2) is 115 Å². The van der Waals surface area contributed by atoms with E-state index in [-0.39, 0.29) is 27.5 Å². The van der Waals surface area contributed by atoms with Crippen LogP contribution in [0.1, 0.15) is 29.8 Å². The molecule has 0 aliphatic heterocycles. The van der Waals surface area contributed by atoms with Crippen LogP contribution in [0.5, 0.6) is 0 Å². The van der Waals surface area contributed by atoms with Crippen LogP contribution in [0.2, 0.25) is 0 Å². The average Bonchev–Trinajstić information content (AvgIpc) is 2.89. The van der Waals surface area contributed by atoms with E-state index in [9.17, 15) is 18.5 Å². The first kappa shape index (κ1) is 25.9. The van der Waals surface area contributed by atoms with E-state index in [0.29, 0.717) is 0 Å². The SMILES string of the molecule is CC(C)=O.O=C(c1ccc(F)cc1)[C@](F)(c1ccccc1)P(=O)(c1ccccc1)c1ccccc1. The second-order valence-electron chi connectivity index (χ2n) is 8.01. The predicted octanol–water partition coefficient (Wildman–Crippen LogP) is 6.44. The highest BCUT2D eigenvalue weighted by molar-refractivity contribution is 7.80. The van der Waals surface area contributed by atoms with Crippen LogP contribution in [0, 0.1) is 5.82 Å². The van der Waals surface area contributed by atoms with Gasteiger partial charge in [0.05, 0.1) is 0 Å². The lowest BCUT2D eigenvalue weighted by molar-refractivity contribution is -0.115. The molecule has 4 aromatic rings. The maximum atomic E-state index is 17.4. The van der Waals surface area contributed by atoms with Crippen molar-refractivity contribution in [2.45, 2.75) is 19.3 Å². The lowest BCUT2D eigenvalue weighted by atomic mass is 10.0. The number of halogens is 2. The maximum absolute atomic E-state index is 17.4. The van der Waals surface area contributed by atoms with Gasteiger partial charge in [0, 0.05) is 21.7 Å². The van der Waals surface area contributed by atoms with Gasteiger partial charge in [0.25, 0.3) is 5.41 Å². The molecule has 0 aromatic heterocycles. The first-order chi connectivity index (χ1) is 16.7. The summed E-state index contributed by atoms with van der Waals surface area (Å²) in [6.07, 6.45) is 0. The minimum Gasteiger partial charge on any atom is -0.309 e. The molecule has 35 heavy (non-hydrogen) atoms. The number of carbonyl (C=O) groups excluding carboxylic acids is 2. The summed E-state index contributed by atoms with van der Waals surface area (Å²) in [6.45, 7) is 3.06. The average molecular weight is 490 g/mol. The van der Waals surface area contributed by atoms with Gasteiger partial charge >= 0.3 is 0 Å². The number of hydrogen-bond donors (Lipinski definition) is 0.